The molecule has 206 valence electrons. The van der Waals surface area contributed by atoms with Crippen molar-refractivity contribution in [1.82, 2.24) is 9.62 Å². The van der Waals surface area contributed by atoms with Gasteiger partial charge < -0.3 is 14.4 Å². The summed E-state index contributed by atoms with van der Waals surface area (Å²) in [5.74, 6) is -1.60. The molecule has 39 heavy (non-hydrogen) atoms. The molecule has 0 radical (unpaired) electrons. The number of ether oxygens (including phenoxy) is 2. The van der Waals surface area contributed by atoms with Crippen molar-refractivity contribution >= 4 is 38.7 Å². The van der Waals surface area contributed by atoms with Crippen LogP contribution in [0.15, 0.2) is 54.6 Å². The lowest BCUT2D eigenvalue weighted by molar-refractivity contribution is -0.117. The lowest BCUT2D eigenvalue weighted by Gasteiger charge is -2.24. The second kappa shape index (κ2) is 10.0. The van der Waals surface area contributed by atoms with E-state index in [4.69, 9.17) is 9.47 Å². The van der Waals surface area contributed by atoms with Gasteiger partial charge in [0.2, 0.25) is 0 Å². The summed E-state index contributed by atoms with van der Waals surface area (Å²) in [4.78, 5) is 26.1. The van der Waals surface area contributed by atoms with Crippen molar-refractivity contribution in [3.05, 3.63) is 71.5 Å². The Kier molecular flexibility index (Phi) is 6.88. The van der Waals surface area contributed by atoms with Crippen LogP contribution in [-0.2, 0) is 26.3 Å². The van der Waals surface area contributed by atoms with Crippen LogP contribution in [0, 0.1) is 5.82 Å². The quantitative estimate of drug-likeness (QED) is 0.498. The average molecular weight is 556 g/mol. The van der Waals surface area contributed by atoms with E-state index in [0.717, 1.165) is 11.1 Å². The minimum absolute atomic E-state index is 0.00800. The van der Waals surface area contributed by atoms with Crippen LogP contribution >= 0.6 is 0 Å². The molecule has 5 rings (SSSR count). The van der Waals surface area contributed by atoms with Crippen molar-refractivity contribution in [2.45, 2.75) is 45.3 Å². The minimum atomic E-state index is -4.29. The largest absolute Gasteiger partial charge is 0.487 e. The molecule has 2 aliphatic rings. The maximum atomic E-state index is 16.2. The summed E-state index contributed by atoms with van der Waals surface area (Å²) < 4.78 is 55.6. The van der Waals surface area contributed by atoms with Crippen molar-refractivity contribution < 1.29 is 31.9 Å². The van der Waals surface area contributed by atoms with Crippen LogP contribution < -0.4 is 13.8 Å². The van der Waals surface area contributed by atoms with Crippen molar-refractivity contribution in [3.63, 3.8) is 0 Å². The number of carbonyl (C=O) groups excluding carboxylic acids is 2. The molecule has 0 aliphatic carbocycles. The zero-order valence-corrected chi connectivity index (χ0v) is 22.8. The first kappa shape index (κ1) is 26.7. The number of nitrogens with one attached hydrogen (secondary N) is 1. The van der Waals surface area contributed by atoms with Crippen LogP contribution in [0.25, 0.3) is 10.8 Å². The van der Waals surface area contributed by atoms with Crippen molar-refractivity contribution in [2.24, 2.45) is 0 Å². The summed E-state index contributed by atoms with van der Waals surface area (Å²) in [6.45, 7) is 5.88. The van der Waals surface area contributed by atoms with Gasteiger partial charge in [0.15, 0.2) is 5.82 Å². The molecule has 0 bridgehead atoms. The topological polar surface area (TPSA) is 105 Å². The molecule has 0 saturated carbocycles. The first-order chi connectivity index (χ1) is 18.4. The van der Waals surface area contributed by atoms with Gasteiger partial charge in [0.1, 0.15) is 30.2 Å². The van der Waals surface area contributed by atoms with Crippen molar-refractivity contribution in [3.8, 4) is 5.75 Å². The number of benzene rings is 3. The lowest BCUT2D eigenvalue weighted by atomic mass is 9.95. The van der Waals surface area contributed by atoms with E-state index in [1.54, 1.807) is 23.1 Å². The van der Waals surface area contributed by atoms with Gasteiger partial charge in [0.25, 0.3) is 5.91 Å². The highest BCUT2D eigenvalue weighted by Gasteiger charge is 2.38. The third-order valence-corrected chi connectivity index (χ3v) is 8.04. The number of amides is 2. The van der Waals surface area contributed by atoms with Crippen LogP contribution in [0.1, 0.15) is 44.2 Å². The number of carbonyl (C=O) groups is 2. The molecular formula is C28H30FN3O6S. The zero-order chi connectivity index (χ0) is 27.9. The summed E-state index contributed by atoms with van der Waals surface area (Å²) in [6, 6.07) is 16.1. The summed E-state index contributed by atoms with van der Waals surface area (Å²) in [5, 5.41) is 0.709. The maximum absolute atomic E-state index is 16.2. The van der Waals surface area contributed by atoms with E-state index in [0.29, 0.717) is 29.2 Å². The number of hydrogen-bond donors (Lipinski definition) is 1. The zero-order valence-electron chi connectivity index (χ0n) is 21.9. The summed E-state index contributed by atoms with van der Waals surface area (Å²) in [6.07, 6.45) is 0.284. The molecule has 3 aromatic carbocycles. The van der Waals surface area contributed by atoms with Crippen LogP contribution in [0.3, 0.4) is 0 Å². The van der Waals surface area contributed by atoms with Gasteiger partial charge in [-0.1, -0.05) is 42.5 Å². The molecule has 2 aliphatic heterocycles. The Morgan fingerprint density at radius 3 is 2.54 bits per heavy atom. The van der Waals surface area contributed by atoms with E-state index in [9.17, 15) is 18.0 Å². The second-order valence-corrected chi connectivity index (χ2v) is 12.3. The predicted molar refractivity (Wildman–Crippen MR) is 144 cm³/mol. The Labute approximate surface area is 226 Å². The molecule has 0 aromatic heterocycles. The van der Waals surface area contributed by atoms with Crippen LogP contribution in [0.4, 0.5) is 14.9 Å². The lowest BCUT2D eigenvalue weighted by Crippen LogP contribution is -2.35. The molecule has 3 aromatic rings. The SMILES string of the molecule is CC(C)(C)OC(=O)N1CCC(c2ccc3cc(OCc4ccccc4)c(N4CC(=O)NS4(=O)=O)c(F)c3c2)C1. The molecule has 2 heterocycles. The van der Waals surface area contributed by atoms with E-state index >= 15 is 4.39 Å². The summed E-state index contributed by atoms with van der Waals surface area (Å²) in [5.41, 5.74) is 0.698. The number of anilines is 1. The number of nitrogens with zero attached hydrogens (tertiary/aromatic N) is 2. The van der Waals surface area contributed by atoms with E-state index in [1.165, 1.54) is 0 Å². The highest BCUT2D eigenvalue weighted by Crippen LogP contribution is 2.41. The number of hydrogen-bond acceptors (Lipinski definition) is 6. The number of rotatable bonds is 5. The fourth-order valence-electron chi connectivity index (χ4n) is 4.84. The van der Waals surface area contributed by atoms with Crippen LogP contribution in [0.2, 0.25) is 0 Å². The Morgan fingerprint density at radius 1 is 1.13 bits per heavy atom. The van der Waals surface area contributed by atoms with Crippen molar-refractivity contribution in [1.29, 1.82) is 0 Å². The fourth-order valence-corrected chi connectivity index (χ4v) is 6.00. The summed E-state index contributed by atoms with van der Waals surface area (Å²) >= 11 is 0. The van der Waals surface area contributed by atoms with Gasteiger partial charge in [-0.05, 0) is 55.8 Å². The van der Waals surface area contributed by atoms with Gasteiger partial charge in [0.05, 0.1) is 0 Å². The molecule has 11 heteroatoms. The smallest absolute Gasteiger partial charge is 0.410 e. The van der Waals surface area contributed by atoms with Gasteiger partial charge in [-0.2, -0.15) is 8.42 Å². The number of fused-ring (bicyclic) bond motifs is 1. The minimum Gasteiger partial charge on any atom is -0.487 e. The van der Waals surface area contributed by atoms with Gasteiger partial charge in [-0.3, -0.25) is 4.79 Å². The van der Waals surface area contributed by atoms with E-state index < -0.39 is 40.2 Å². The first-order valence-electron chi connectivity index (χ1n) is 12.7. The standard InChI is InChI=1S/C28H30FN3O6S/c1-28(2,3)38-27(34)31-12-11-21(15-31)19-9-10-20-14-23(37-17-18-7-5-4-6-8-18)26(25(29)22(20)13-19)32-16-24(33)30-39(32,35)36/h4-10,13-14,21H,11-12,15-17H2,1-3H3,(H,30,33). The first-order valence-corrected chi connectivity index (χ1v) is 14.1. The molecule has 2 fully saturated rings. The van der Waals surface area contributed by atoms with E-state index in [2.05, 4.69) is 0 Å². The Morgan fingerprint density at radius 2 is 1.87 bits per heavy atom. The molecule has 9 nitrogen and oxygen atoms in total. The third-order valence-electron chi connectivity index (χ3n) is 6.66. The predicted octanol–water partition coefficient (Wildman–Crippen LogP) is 4.46. The monoisotopic (exact) mass is 555 g/mol. The molecule has 2 amide bonds. The van der Waals surface area contributed by atoms with Crippen molar-refractivity contribution in [2.75, 3.05) is 23.9 Å². The molecule has 1 N–H and O–H groups in total. The normalized spacial score (nSPS) is 18.9. The fraction of sp³-hybridized carbons (Fsp3) is 0.357. The Balaban J connectivity index is 1.50. The maximum Gasteiger partial charge on any atom is 0.410 e. The van der Waals surface area contributed by atoms with E-state index in [-0.39, 0.29) is 29.3 Å². The Bertz CT molecular complexity index is 1540. The summed E-state index contributed by atoms with van der Waals surface area (Å²) in [7, 11) is -4.29. The second-order valence-electron chi connectivity index (χ2n) is 10.7. The van der Waals surface area contributed by atoms with E-state index in [1.807, 2.05) is 61.9 Å². The highest BCUT2D eigenvalue weighted by atomic mass is 32.2. The van der Waals surface area contributed by atoms with Gasteiger partial charge >= 0.3 is 16.3 Å². The molecule has 1 atom stereocenters. The molecule has 1 unspecified atom stereocenters. The van der Waals surface area contributed by atoms with Gasteiger partial charge in [-0.15, -0.1) is 0 Å². The number of halogens is 1. The third kappa shape index (κ3) is 5.63. The van der Waals surface area contributed by atoms with Gasteiger partial charge in [0, 0.05) is 24.4 Å². The Hall–Kier alpha value is -3.86. The number of likely N-dealkylation sites (tertiary alicyclic amines) is 1. The molecule has 2 saturated heterocycles. The molecule has 0 spiro atoms. The van der Waals surface area contributed by atoms with Crippen LogP contribution in [0.5, 0.6) is 5.75 Å². The average Bonchev–Trinajstić information content (AvgIpc) is 3.46. The van der Waals surface area contributed by atoms with Gasteiger partial charge in [-0.25, -0.2) is 18.2 Å². The highest BCUT2D eigenvalue weighted by molar-refractivity contribution is 7.92. The van der Waals surface area contributed by atoms with Crippen LogP contribution in [-0.4, -0.2) is 50.6 Å². The molecular weight excluding hydrogens is 525 g/mol.